The summed E-state index contributed by atoms with van der Waals surface area (Å²) in [6.45, 7) is 5.80. The highest BCUT2D eigenvalue weighted by molar-refractivity contribution is 7.15. The average Bonchev–Trinajstić information content (AvgIpc) is 3.02. The molecule has 6 nitrogen and oxygen atoms in total. The third-order valence-electron chi connectivity index (χ3n) is 3.03. The normalized spacial score (nSPS) is 11.1. The van der Waals surface area contributed by atoms with Crippen LogP contribution >= 0.6 is 22.9 Å². The molecule has 0 unspecified atom stereocenters. The molecule has 0 aliphatic rings. The second-order valence-electron chi connectivity index (χ2n) is 5.38. The Bertz CT molecular complexity index is 774. The molecule has 0 saturated carbocycles. The Balaban J connectivity index is 2.11. The molecule has 2 aromatic rings. The van der Waals surface area contributed by atoms with Gasteiger partial charge in [-0.15, -0.1) is 10.2 Å². The van der Waals surface area contributed by atoms with Gasteiger partial charge >= 0.3 is 0 Å². The molecule has 0 aliphatic carbocycles. The first-order valence-electron chi connectivity index (χ1n) is 7.78. The number of ether oxygens (including phenoxy) is 2. The number of nitrogens with one attached hydrogen (secondary N) is 1. The molecule has 1 N–H and O–H groups in total. The van der Waals surface area contributed by atoms with E-state index in [2.05, 4.69) is 15.5 Å². The van der Waals surface area contributed by atoms with Gasteiger partial charge in [-0.1, -0.05) is 29.9 Å². The van der Waals surface area contributed by atoms with Crippen LogP contribution in [0.5, 0.6) is 11.5 Å². The van der Waals surface area contributed by atoms with Crippen LogP contribution in [0.1, 0.15) is 31.3 Å². The third kappa shape index (κ3) is 5.44. The lowest BCUT2D eigenvalue weighted by Gasteiger charge is -2.15. The number of rotatable bonds is 7. The minimum atomic E-state index is -0.295. The quantitative estimate of drug-likeness (QED) is 0.727. The summed E-state index contributed by atoms with van der Waals surface area (Å²) in [5.41, 5.74) is 0.722. The minimum absolute atomic E-state index is 0.0292. The number of carbonyl (C=O) groups is 1. The Morgan fingerprint density at radius 1 is 1.40 bits per heavy atom. The molecule has 0 spiro atoms. The fourth-order valence-corrected chi connectivity index (χ4v) is 2.90. The predicted molar refractivity (Wildman–Crippen MR) is 101 cm³/mol. The Morgan fingerprint density at radius 2 is 2.16 bits per heavy atom. The van der Waals surface area contributed by atoms with Crippen molar-refractivity contribution in [1.82, 2.24) is 10.2 Å². The highest BCUT2D eigenvalue weighted by Crippen LogP contribution is 2.37. The fourth-order valence-electron chi connectivity index (χ4n) is 1.95. The van der Waals surface area contributed by atoms with E-state index in [0.717, 1.165) is 17.0 Å². The topological polar surface area (TPSA) is 73.3 Å². The number of anilines is 1. The van der Waals surface area contributed by atoms with Crippen molar-refractivity contribution in [3.63, 3.8) is 0 Å². The molecule has 1 amide bonds. The van der Waals surface area contributed by atoms with Crippen LogP contribution in [0.15, 0.2) is 18.2 Å². The van der Waals surface area contributed by atoms with Gasteiger partial charge < -0.3 is 9.47 Å². The van der Waals surface area contributed by atoms with Crippen molar-refractivity contribution in [1.29, 1.82) is 0 Å². The number of methoxy groups -OCH3 is 1. The first kappa shape index (κ1) is 19.2. The number of aryl methyl sites for hydroxylation is 1. The van der Waals surface area contributed by atoms with E-state index in [-0.39, 0.29) is 12.0 Å². The van der Waals surface area contributed by atoms with Crippen molar-refractivity contribution in [3.05, 3.63) is 33.8 Å². The maximum absolute atomic E-state index is 12.0. The van der Waals surface area contributed by atoms with Gasteiger partial charge in [-0.25, -0.2) is 0 Å². The summed E-state index contributed by atoms with van der Waals surface area (Å²) in [6.07, 6.45) is 3.80. The zero-order valence-corrected chi connectivity index (χ0v) is 16.1. The molecule has 0 atom stereocenters. The van der Waals surface area contributed by atoms with Gasteiger partial charge in [0.2, 0.25) is 11.0 Å². The van der Waals surface area contributed by atoms with Crippen molar-refractivity contribution in [2.24, 2.45) is 0 Å². The number of carbonyl (C=O) groups excluding carboxylic acids is 1. The summed E-state index contributed by atoms with van der Waals surface area (Å²) in [5, 5.41) is 12.3. The number of hydrogen-bond acceptors (Lipinski definition) is 6. The van der Waals surface area contributed by atoms with Gasteiger partial charge in [0.05, 0.1) is 18.2 Å². The van der Waals surface area contributed by atoms with Crippen molar-refractivity contribution in [2.75, 3.05) is 12.4 Å². The Hall–Kier alpha value is -2.12. The van der Waals surface area contributed by atoms with Gasteiger partial charge in [0.1, 0.15) is 5.01 Å². The number of nitrogens with zero attached hydrogens (tertiary/aromatic N) is 2. The second-order valence-corrected chi connectivity index (χ2v) is 6.85. The van der Waals surface area contributed by atoms with Crippen molar-refractivity contribution in [2.45, 2.75) is 33.3 Å². The number of amides is 1. The molecule has 1 aromatic carbocycles. The summed E-state index contributed by atoms with van der Waals surface area (Å²) in [7, 11) is 1.54. The van der Waals surface area contributed by atoms with Crippen LogP contribution in [0, 0.1) is 0 Å². The molecule has 0 fully saturated rings. The maximum Gasteiger partial charge on any atom is 0.250 e. The Kier molecular flexibility index (Phi) is 6.78. The number of hydrogen-bond donors (Lipinski definition) is 1. The Morgan fingerprint density at radius 3 is 2.76 bits per heavy atom. The van der Waals surface area contributed by atoms with Gasteiger partial charge in [0, 0.05) is 6.08 Å². The zero-order valence-electron chi connectivity index (χ0n) is 14.5. The molecule has 8 heteroatoms. The van der Waals surface area contributed by atoms with Crippen LogP contribution in [-0.2, 0) is 11.2 Å². The highest BCUT2D eigenvalue weighted by Gasteiger charge is 2.13. The van der Waals surface area contributed by atoms with E-state index in [0.29, 0.717) is 21.7 Å². The molecule has 0 aliphatic heterocycles. The zero-order chi connectivity index (χ0) is 18.4. The second kappa shape index (κ2) is 8.82. The monoisotopic (exact) mass is 381 g/mol. The number of benzene rings is 1. The SMILES string of the molecule is CCc1nnc(NC(=O)C=Cc2cc(Cl)c(OC(C)C)c(OC)c2)s1. The molecule has 25 heavy (non-hydrogen) atoms. The molecule has 1 heterocycles. The van der Waals surface area contributed by atoms with E-state index in [1.807, 2.05) is 20.8 Å². The van der Waals surface area contributed by atoms with E-state index in [9.17, 15) is 4.79 Å². The lowest BCUT2D eigenvalue weighted by atomic mass is 10.2. The molecule has 2 rings (SSSR count). The van der Waals surface area contributed by atoms with Crippen LogP contribution in [-0.4, -0.2) is 29.3 Å². The standard InChI is InChI=1S/C17H20ClN3O3S/c1-5-15-20-21-17(25-15)19-14(22)7-6-11-8-12(18)16(24-10(2)3)13(9-11)23-4/h6-10H,5H2,1-4H3,(H,19,21,22). The van der Waals surface area contributed by atoms with Crippen LogP contribution in [0.2, 0.25) is 5.02 Å². The molecule has 0 radical (unpaired) electrons. The van der Waals surface area contributed by atoms with Crippen molar-refractivity contribution in [3.8, 4) is 11.5 Å². The number of halogens is 1. The molecular weight excluding hydrogens is 362 g/mol. The van der Waals surface area contributed by atoms with Gasteiger partial charge in [0.15, 0.2) is 11.5 Å². The third-order valence-corrected chi connectivity index (χ3v) is 4.30. The van der Waals surface area contributed by atoms with Crippen LogP contribution in [0.3, 0.4) is 0 Å². The lowest BCUT2D eigenvalue weighted by molar-refractivity contribution is -0.111. The highest BCUT2D eigenvalue weighted by atomic mass is 35.5. The van der Waals surface area contributed by atoms with Crippen LogP contribution in [0.4, 0.5) is 5.13 Å². The molecule has 134 valence electrons. The molecule has 0 bridgehead atoms. The first-order chi connectivity index (χ1) is 11.9. The van der Waals surface area contributed by atoms with Crippen molar-refractivity contribution >= 4 is 40.1 Å². The fraction of sp³-hybridized carbons (Fsp3) is 0.353. The van der Waals surface area contributed by atoms with Crippen LogP contribution < -0.4 is 14.8 Å². The number of aromatic nitrogens is 2. The Labute approximate surface area is 155 Å². The summed E-state index contributed by atoms with van der Waals surface area (Å²) in [6, 6.07) is 3.47. The minimum Gasteiger partial charge on any atom is -0.493 e. The lowest BCUT2D eigenvalue weighted by Crippen LogP contribution is -2.08. The van der Waals surface area contributed by atoms with Crippen molar-refractivity contribution < 1.29 is 14.3 Å². The van der Waals surface area contributed by atoms with E-state index in [1.54, 1.807) is 25.3 Å². The summed E-state index contributed by atoms with van der Waals surface area (Å²) in [5.74, 6) is 0.705. The van der Waals surface area contributed by atoms with E-state index in [1.165, 1.54) is 17.4 Å². The van der Waals surface area contributed by atoms with Gasteiger partial charge in [-0.3, -0.25) is 10.1 Å². The molecular formula is C17H20ClN3O3S. The smallest absolute Gasteiger partial charge is 0.250 e. The van der Waals surface area contributed by atoms with E-state index in [4.69, 9.17) is 21.1 Å². The van der Waals surface area contributed by atoms with Gasteiger partial charge in [-0.05, 0) is 44.0 Å². The molecule has 0 saturated heterocycles. The van der Waals surface area contributed by atoms with E-state index < -0.39 is 0 Å². The molecule has 1 aromatic heterocycles. The van der Waals surface area contributed by atoms with Crippen LogP contribution in [0.25, 0.3) is 6.08 Å². The van der Waals surface area contributed by atoms with Gasteiger partial charge in [0.25, 0.3) is 0 Å². The summed E-state index contributed by atoms with van der Waals surface area (Å²) < 4.78 is 11.0. The van der Waals surface area contributed by atoms with E-state index >= 15 is 0 Å². The summed E-state index contributed by atoms with van der Waals surface area (Å²) >= 11 is 7.62. The average molecular weight is 382 g/mol. The summed E-state index contributed by atoms with van der Waals surface area (Å²) in [4.78, 5) is 12.0. The first-order valence-corrected chi connectivity index (χ1v) is 8.98. The maximum atomic E-state index is 12.0. The van der Waals surface area contributed by atoms with Gasteiger partial charge in [-0.2, -0.15) is 0 Å². The largest absolute Gasteiger partial charge is 0.493 e. The predicted octanol–water partition coefficient (Wildman–Crippen LogP) is 4.20.